The van der Waals surface area contributed by atoms with Crippen molar-refractivity contribution < 1.29 is 4.39 Å². The Hall–Kier alpha value is -0.640. The summed E-state index contributed by atoms with van der Waals surface area (Å²) in [4.78, 5) is 2.47. The summed E-state index contributed by atoms with van der Waals surface area (Å²) < 4.78 is 13.1. The molecule has 1 fully saturated rings. The van der Waals surface area contributed by atoms with Crippen molar-refractivity contribution in [2.75, 3.05) is 19.6 Å². The van der Waals surface area contributed by atoms with Gasteiger partial charge in [-0.3, -0.25) is 4.90 Å². The molecule has 0 amide bonds. The van der Waals surface area contributed by atoms with Crippen LogP contribution in [0.25, 0.3) is 0 Å². The standard InChI is InChI=1S/C14H21FN2.ClH/c1-2-4-14-10-16-7-8-17(14)11-12-5-3-6-13(15)9-12;/h3,5-6,9,14,16H,2,4,7-8,10-11H2,1H3;1H. The van der Waals surface area contributed by atoms with Crippen LogP contribution in [0.2, 0.25) is 0 Å². The lowest BCUT2D eigenvalue weighted by molar-refractivity contribution is 0.144. The molecule has 1 aliphatic rings. The van der Waals surface area contributed by atoms with Crippen LogP contribution in [0.1, 0.15) is 25.3 Å². The molecule has 1 aromatic carbocycles. The molecule has 1 saturated heterocycles. The van der Waals surface area contributed by atoms with Gasteiger partial charge in [-0.2, -0.15) is 0 Å². The molecular weight excluding hydrogens is 251 g/mol. The summed E-state index contributed by atoms with van der Waals surface area (Å²) >= 11 is 0. The van der Waals surface area contributed by atoms with Crippen LogP contribution < -0.4 is 5.32 Å². The van der Waals surface area contributed by atoms with Crippen LogP contribution in [0.4, 0.5) is 4.39 Å². The lowest BCUT2D eigenvalue weighted by atomic mass is 10.1. The van der Waals surface area contributed by atoms with Gasteiger partial charge in [-0.15, -0.1) is 12.4 Å². The fraction of sp³-hybridized carbons (Fsp3) is 0.571. The van der Waals surface area contributed by atoms with Crippen molar-refractivity contribution in [3.8, 4) is 0 Å². The number of rotatable bonds is 4. The van der Waals surface area contributed by atoms with Gasteiger partial charge in [-0.1, -0.05) is 25.5 Å². The van der Waals surface area contributed by atoms with Crippen LogP contribution in [0, 0.1) is 5.82 Å². The molecule has 1 aliphatic heterocycles. The minimum Gasteiger partial charge on any atom is -0.314 e. The van der Waals surface area contributed by atoms with Crippen LogP contribution in [-0.4, -0.2) is 30.6 Å². The van der Waals surface area contributed by atoms with Crippen molar-refractivity contribution in [2.45, 2.75) is 32.4 Å². The number of hydrogen-bond acceptors (Lipinski definition) is 2. The summed E-state index contributed by atoms with van der Waals surface area (Å²) in [6.45, 7) is 6.24. The second-order valence-corrected chi connectivity index (χ2v) is 4.75. The van der Waals surface area contributed by atoms with Crippen LogP contribution in [0.15, 0.2) is 24.3 Å². The zero-order valence-electron chi connectivity index (χ0n) is 10.9. The van der Waals surface area contributed by atoms with Crippen molar-refractivity contribution in [3.63, 3.8) is 0 Å². The van der Waals surface area contributed by atoms with Crippen molar-refractivity contribution in [1.29, 1.82) is 0 Å². The molecule has 4 heteroatoms. The van der Waals surface area contributed by atoms with Crippen LogP contribution in [0.3, 0.4) is 0 Å². The van der Waals surface area contributed by atoms with Gasteiger partial charge in [0.25, 0.3) is 0 Å². The molecule has 1 atom stereocenters. The third-order valence-corrected chi connectivity index (χ3v) is 3.37. The van der Waals surface area contributed by atoms with Gasteiger partial charge in [0.05, 0.1) is 0 Å². The molecule has 18 heavy (non-hydrogen) atoms. The second kappa shape index (κ2) is 7.72. The average Bonchev–Trinajstić information content (AvgIpc) is 2.32. The monoisotopic (exact) mass is 272 g/mol. The number of nitrogens with one attached hydrogen (secondary N) is 1. The zero-order valence-corrected chi connectivity index (χ0v) is 11.7. The third-order valence-electron chi connectivity index (χ3n) is 3.37. The van der Waals surface area contributed by atoms with Crippen LogP contribution in [0.5, 0.6) is 0 Å². The van der Waals surface area contributed by atoms with Gasteiger partial charge in [0.2, 0.25) is 0 Å². The summed E-state index contributed by atoms with van der Waals surface area (Å²) in [6.07, 6.45) is 2.41. The lowest BCUT2D eigenvalue weighted by Gasteiger charge is -2.36. The maximum Gasteiger partial charge on any atom is 0.123 e. The molecule has 1 N–H and O–H groups in total. The van der Waals surface area contributed by atoms with Crippen molar-refractivity contribution in [1.82, 2.24) is 10.2 Å². The van der Waals surface area contributed by atoms with E-state index < -0.39 is 0 Å². The molecule has 0 saturated carbocycles. The first kappa shape index (κ1) is 15.4. The lowest BCUT2D eigenvalue weighted by Crippen LogP contribution is -2.50. The number of benzene rings is 1. The SMILES string of the molecule is CCCC1CNCCN1Cc1cccc(F)c1.Cl. The van der Waals surface area contributed by atoms with E-state index in [2.05, 4.69) is 17.1 Å². The van der Waals surface area contributed by atoms with Gasteiger partial charge in [-0.25, -0.2) is 4.39 Å². The summed E-state index contributed by atoms with van der Waals surface area (Å²) in [5.41, 5.74) is 1.08. The fourth-order valence-corrected chi connectivity index (χ4v) is 2.50. The van der Waals surface area contributed by atoms with Crippen LogP contribution >= 0.6 is 12.4 Å². The molecule has 2 nitrogen and oxygen atoms in total. The highest BCUT2D eigenvalue weighted by atomic mass is 35.5. The Morgan fingerprint density at radius 1 is 1.44 bits per heavy atom. The Morgan fingerprint density at radius 3 is 3.00 bits per heavy atom. The van der Waals surface area contributed by atoms with Crippen LogP contribution in [-0.2, 0) is 6.54 Å². The largest absolute Gasteiger partial charge is 0.314 e. The first-order valence-corrected chi connectivity index (χ1v) is 6.49. The van der Waals surface area contributed by atoms with Crippen molar-refractivity contribution >= 4 is 12.4 Å². The van der Waals surface area contributed by atoms with E-state index in [0.29, 0.717) is 6.04 Å². The van der Waals surface area contributed by atoms with E-state index in [1.54, 1.807) is 12.1 Å². The number of hydrogen-bond donors (Lipinski definition) is 1. The predicted molar refractivity (Wildman–Crippen MR) is 75.6 cm³/mol. The molecule has 0 aliphatic carbocycles. The molecular formula is C14H22ClFN2. The molecule has 2 rings (SSSR count). The van der Waals surface area contributed by atoms with E-state index in [0.717, 1.165) is 31.7 Å². The van der Waals surface area contributed by atoms with Gasteiger partial charge in [0.15, 0.2) is 0 Å². The first-order chi connectivity index (χ1) is 8.29. The Bertz CT molecular complexity index is 357. The minimum atomic E-state index is -0.135. The maximum atomic E-state index is 13.1. The normalized spacial score (nSPS) is 20.4. The minimum absolute atomic E-state index is 0. The quantitative estimate of drug-likeness (QED) is 0.907. The Kier molecular flexibility index (Phi) is 6.61. The van der Waals surface area contributed by atoms with E-state index in [9.17, 15) is 4.39 Å². The Labute approximate surface area is 115 Å². The molecule has 0 spiro atoms. The molecule has 0 radical (unpaired) electrons. The number of nitrogens with zero attached hydrogens (tertiary/aromatic N) is 1. The molecule has 1 unspecified atom stereocenters. The Balaban J connectivity index is 0.00000162. The number of halogens is 2. The second-order valence-electron chi connectivity index (χ2n) is 4.75. The molecule has 0 bridgehead atoms. The third kappa shape index (κ3) is 4.23. The summed E-state index contributed by atoms with van der Waals surface area (Å²) in [5, 5.41) is 3.43. The van der Waals surface area contributed by atoms with Gasteiger partial charge in [0.1, 0.15) is 5.82 Å². The van der Waals surface area contributed by atoms with E-state index >= 15 is 0 Å². The molecule has 0 aromatic heterocycles. The topological polar surface area (TPSA) is 15.3 Å². The predicted octanol–water partition coefficient (Wildman–Crippen LogP) is 2.82. The van der Waals surface area contributed by atoms with Gasteiger partial charge in [0, 0.05) is 32.2 Å². The van der Waals surface area contributed by atoms with E-state index in [1.165, 1.54) is 18.9 Å². The molecule has 1 aromatic rings. The highest BCUT2D eigenvalue weighted by Gasteiger charge is 2.21. The van der Waals surface area contributed by atoms with Gasteiger partial charge < -0.3 is 5.32 Å². The average molecular weight is 273 g/mol. The van der Waals surface area contributed by atoms with Crippen molar-refractivity contribution in [3.05, 3.63) is 35.6 Å². The summed E-state index contributed by atoms with van der Waals surface area (Å²) in [6, 6.07) is 7.54. The van der Waals surface area contributed by atoms with E-state index in [-0.39, 0.29) is 18.2 Å². The smallest absolute Gasteiger partial charge is 0.123 e. The highest BCUT2D eigenvalue weighted by Crippen LogP contribution is 2.14. The highest BCUT2D eigenvalue weighted by molar-refractivity contribution is 5.85. The maximum absolute atomic E-state index is 13.1. The fourth-order valence-electron chi connectivity index (χ4n) is 2.50. The zero-order chi connectivity index (χ0) is 12.1. The first-order valence-electron chi connectivity index (χ1n) is 6.49. The van der Waals surface area contributed by atoms with Crippen molar-refractivity contribution in [2.24, 2.45) is 0 Å². The molecule has 102 valence electrons. The van der Waals surface area contributed by atoms with E-state index in [1.807, 2.05) is 6.07 Å². The summed E-state index contributed by atoms with van der Waals surface area (Å²) in [5.74, 6) is -0.135. The van der Waals surface area contributed by atoms with Gasteiger partial charge >= 0.3 is 0 Å². The number of piperazine rings is 1. The van der Waals surface area contributed by atoms with E-state index in [4.69, 9.17) is 0 Å². The van der Waals surface area contributed by atoms with Gasteiger partial charge in [-0.05, 0) is 24.1 Å². The molecule has 1 heterocycles. The summed E-state index contributed by atoms with van der Waals surface area (Å²) in [7, 11) is 0. The Morgan fingerprint density at radius 2 is 2.28 bits per heavy atom.